The molecule has 31 nitrogen and oxygen atoms in total. The highest BCUT2D eigenvalue weighted by molar-refractivity contribution is 6.30. The predicted octanol–water partition coefficient (Wildman–Crippen LogP) is 3.38. The van der Waals surface area contributed by atoms with Crippen LogP contribution in [0.2, 0.25) is 5.02 Å². The lowest BCUT2D eigenvalue weighted by molar-refractivity contribution is -0.144. The summed E-state index contributed by atoms with van der Waals surface area (Å²) in [5.74, 6) is -10.1. The van der Waals surface area contributed by atoms with Crippen LogP contribution in [0.5, 0.6) is 5.75 Å². The van der Waals surface area contributed by atoms with Gasteiger partial charge in [-0.1, -0.05) is 112 Å². The fourth-order valence-corrected chi connectivity index (χ4v) is 12.9. The second-order valence-corrected chi connectivity index (χ2v) is 29.4. The number of hydrogen-bond acceptors (Lipinski definition) is 18. The van der Waals surface area contributed by atoms with E-state index in [0.29, 0.717) is 58.6 Å². The van der Waals surface area contributed by atoms with Crippen LogP contribution in [-0.4, -0.2) is 212 Å². The highest BCUT2D eigenvalue weighted by Crippen LogP contribution is 2.23. The third kappa shape index (κ3) is 30.6. The van der Waals surface area contributed by atoms with Gasteiger partial charge in [-0.15, -0.1) is 0 Å². The Kier molecular flexibility index (Phi) is 37.3. The summed E-state index contributed by atoms with van der Waals surface area (Å²) in [6.07, 6.45) is 7.57. The van der Waals surface area contributed by atoms with Crippen LogP contribution in [0.4, 0.5) is 0 Å². The third-order valence-corrected chi connectivity index (χ3v) is 19.1. The van der Waals surface area contributed by atoms with Crippen molar-refractivity contribution in [3.8, 4) is 5.75 Å². The Labute approximate surface area is 668 Å². The first-order valence-corrected chi connectivity index (χ1v) is 38.6. The molecule has 2 aromatic heterocycles. The van der Waals surface area contributed by atoms with Crippen LogP contribution >= 0.6 is 11.6 Å². The average Bonchev–Trinajstić information content (AvgIpc) is 1.67. The molecule has 32 heteroatoms. The van der Waals surface area contributed by atoms with E-state index in [0.717, 1.165) is 22.6 Å². The number of aromatic nitrogens is 2. The van der Waals surface area contributed by atoms with E-state index >= 15 is 14.4 Å². The van der Waals surface area contributed by atoms with Gasteiger partial charge in [-0.25, -0.2) is 0 Å². The number of nitrogens with zero attached hydrogens (tertiary/aromatic N) is 4. The Morgan fingerprint density at radius 2 is 1.08 bits per heavy atom. The topological polar surface area (TPSA) is 461 Å². The quantitative estimate of drug-likeness (QED) is 0.0244. The van der Waals surface area contributed by atoms with Crippen LogP contribution in [-0.2, 0) is 83.2 Å². The SMILES string of the molecule is CC(=O)N[C@H](Cc1ccc2ccccc2c1)C(=O)N[C@H](Cc1ccc(Cl)cc1)C(=O)N[C@H](Cc1cccnc1)C(=O)N[C@@H](CO)C(=O)N(C)[C@@H](Cc1ccc(O)cc1)C(=O)N[C@H](CCCCNC(=O)c1cccnc1)C(=O)N[C@@H](CC(C)C)C(=O)N[C@@H](CCCCNC(C)C)C(=O)N1CCC[C@H]1C(=O)N[C@H](C)C(N)=O.CC(=O)O. The van der Waals surface area contributed by atoms with E-state index in [-0.39, 0.29) is 95.0 Å². The van der Waals surface area contributed by atoms with Gasteiger partial charge in [-0.05, 0) is 153 Å². The van der Waals surface area contributed by atoms with Gasteiger partial charge in [0.2, 0.25) is 65.0 Å². The molecule has 3 heterocycles. The number of aliphatic carboxylic acids is 1. The first kappa shape index (κ1) is 91.4. The van der Waals surface area contributed by atoms with Crippen molar-refractivity contribution in [3.63, 3.8) is 0 Å². The number of nitrogens with one attached hydrogen (secondary N) is 10. The molecule has 12 amide bonds. The fraction of sp³-hybridized carbons (Fsp3) is 0.451. The molecule has 4 aromatic carbocycles. The molecule has 1 saturated heterocycles. The van der Waals surface area contributed by atoms with Gasteiger partial charge in [0.25, 0.3) is 11.9 Å². The monoisotopic (exact) mass is 1590 g/mol. The molecule has 0 spiro atoms. The Bertz CT molecular complexity index is 4220. The summed E-state index contributed by atoms with van der Waals surface area (Å²) in [6.45, 7) is 11.2. The van der Waals surface area contributed by atoms with Gasteiger partial charge in [-0.3, -0.25) is 72.3 Å². The number of carbonyl (C=O) groups excluding carboxylic acids is 12. The molecular weight excluding hydrogens is 1490 g/mol. The van der Waals surface area contributed by atoms with Crippen molar-refractivity contribution < 1.29 is 77.6 Å². The number of benzene rings is 4. The van der Waals surface area contributed by atoms with Gasteiger partial charge in [0.05, 0.1) is 12.2 Å². The van der Waals surface area contributed by atoms with Gasteiger partial charge in [0, 0.05) is 95.5 Å². The number of hydrogen-bond donors (Lipinski definition) is 14. The molecule has 7 rings (SSSR count). The summed E-state index contributed by atoms with van der Waals surface area (Å²) in [4.78, 5) is 190. The van der Waals surface area contributed by atoms with Crippen molar-refractivity contribution in [2.45, 2.75) is 198 Å². The third-order valence-electron chi connectivity index (χ3n) is 18.8. The van der Waals surface area contributed by atoms with E-state index in [1.54, 1.807) is 48.5 Å². The zero-order chi connectivity index (χ0) is 83.6. The van der Waals surface area contributed by atoms with E-state index in [9.17, 15) is 53.4 Å². The van der Waals surface area contributed by atoms with Crippen LogP contribution < -0.4 is 58.9 Å². The van der Waals surface area contributed by atoms with Crippen molar-refractivity contribution in [3.05, 3.63) is 173 Å². The van der Waals surface area contributed by atoms with Gasteiger partial charge in [0.15, 0.2) is 0 Å². The Hall–Kier alpha value is -11.4. The minimum Gasteiger partial charge on any atom is -0.508 e. The number of phenols is 1. The minimum atomic E-state index is -1.82. The smallest absolute Gasteiger partial charge is 0.300 e. The molecule has 0 bridgehead atoms. The maximum atomic E-state index is 15.4. The van der Waals surface area contributed by atoms with Crippen molar-refractivity contribution in [2.24, 2.45) is 11.7 Å². The molecule has 0 saturated carbocycles. The average molecular weight is 1600 g/mol. The summed E-state index contributed by atoms with van der Waals surface area (Å²) in [5.41, 5.74) is 7.87. The number of likely N-dealkylation sites (N-methyl/N-ethyl adjacent to an activating group) is 1. The molecule has 0 aliphatic carbocycles. The number of likely N-dealkylation sites (tertiary alicyclic amines) is 1. The summed E-state index contributed by atoms with van der Waals surface area (Å²) >= 11 is 6.26. The Morgan fingerprint density at radius 1 is 0.561 bits per heavy atom. The lowest BCUT2D eigenvalue weighted by atomic mass is 9.99. The summed E-state index contributed by atoms with van der Waals surface area (Å²) in [7, 11) is 1.24. The Morgan fingerprint density at radius 3 is 1.67 bits per heavy atom. The van der Waals surface area contributed by atoms with Gasteiger partial charge >= 0.3 is 0 Å². The number of nitrogens with two attached hydrogens (primary N) is 1. The maximum absolute atomic E-state index is 15.4. The lowest BCUT2D eigenvalue weighted by Gasteiger charge is -2.33. The van der Waals surface area contributed by atoms with Crippen LogP contribution in [0.3, 0.4) is 0 Å². The van der Waals surface area contributed by atoms with Gasteiger partial charge < -0.3 is 84.0 Å². The zero-order valence-corrected chi connectivity index (χ0v) is 66.4. The number of pyridine rings is 2. The number of unbranched alkanes of at least 4 members (excludes halogenated alkanes) is 2. The Balaban J connectivity index is 0.00000493. The van der Waals surface area contributed by atoms with Crippen molar-refractivity contribution in [2.75, 3.05) is 33.3 Å². The number of halogens is 1. The number of amides is 12. The summed E-state index contributed by atoms with van der Waals surface area (Å²) in [5, 5.41) is 59.3. The number of phenolic OH excluding ortho intramolecular Hbond substituents is 1. The van der Waals surface area contributed by atoms with Crippen LogP contribution in [0, 0.1) is 5.92 Å². The molecule has 614 valence electrons. The molecule has 1 fully saturated rings. The molecule has 0 unspecified atom stereocenters. The second kappa shape index (κ2) is 46.5. The zero-order valence-electron chi connectivity index (χ0n) is 65.6. The van der Waals surface area contributed by atoms with Crippen molar-refractivity contribution >= 4 is 99.2 Å². The first-order chi connectivity index (χ1) is 54.3. The lowest BCUT2D eigenvalue weighted by Crippen LogP contribution is -2.62. The van der Waals surface area contributed by atoms with E-state index < -0.39 is 144 Å². The highest BCUT2D eigenvalue weighted by Gasteiger charge is 2.41. The molecule has 1 aliphatic heterocycles. The second-order valence-electron chi connectivity index (χ2n) is 29.0. The minimum absolute atomic E-state index is 0.0319. The van der Waals surface area contributed by atoms with E-state index in [1.165, 1.54) is 74.8 Å². The normalized spacial score (nSPS) is 14.8. The maximum Gasteiger partial charge on any atom is 0.300 e. The van der Waals surface area contributed by atoms with E-state index in [2.05, 4.69) is 63.1 Å². The van der Waals surface area contributed by atoms with Crippen LogP contribution in [0.15, 0.2) is 140 Å². The van der Waals surface area contributed by atoms with E-state index in [1.807, 2.05) is 70.2 Å². The van der Waals surface area contributed by atoms with Gasteiger partial charge in [0.1, 0.15) is 66.2 Å². The van der Waals surface area contributed by atoms with Crippen molar-refractivity contribution in [1.82, 2.24) is 72.9 Å². The number of carbonyl (C=O) groups is 13. The highest BCUT2D eigenvalue weighted by atomic mass is 35.5. The molecule has 15 N–H and O–H groups in total. The molecular formula is C82H108ClN15O16. The van der Waals surface area contributed by atoms with Crippen LogP contribution in [0.1, 0.15) is 139 Å². The molecule has 6 aromatic rings. The largest absolute Gasteiger partial charge is 0.508 e. The summed E-state index contributed by atoms with van der Waals surface area (Å²) < 4.78 is 0. The standard InChI is InChI=1S/C80H104ClN15O14.C2H4O2/c1-48(2)39-63(73(103)90-62(22-11-12-36-85-49(3)4)80(110)96-38-16-23-68(96)77(107)87-50(5)70(82)100)91-72(102)61(21-10-13-37-86-71(101)58-20-15-35-84-46-58)89-78(108)69(44-53-27-32-60(99)33-28-53)95(7)79(109)67(47-97)94-76(106)66(43-55-17-14-34-83-45-55)93-75(105)65(41-52-25-30-59(81)31-26-52)92-74(104)64(88-51(6)98)42-54-24-29-56-18-8-9-19-57(56)40-54;1-2(3)4/h8-9,14-15,17-20,24-35,40,45-46,48-50,61-69,85,97,99H,10-13,16,21-23,36-39,41-44,47H2,1-7H3,(H2,82,100)(H,86,101)(H,87,107)(H,88,98)(H,89,108)(H,90,103)(H,91,102)(H,92,104)(H,93,105)(H,94,106);1H3,(H,3,4)/t50-,61-,62+,63+,64-,65-,66-,67+,68+,69+;/m1./s1. The number of carboxylic acids is 1. The van der Waals surface area contributed by atoms with Crippen LogP contribution in [0.25, 0.3) is 10.8 Å². The molecule has 1 aliphatic rings. The van der Waals surface area contributed by atoms with E-state index in [4.69, 9.17) is 27.2 Å². The van der Waals surface area contributed by atoms with Gasteiger partial charge in [-0.2, -0.15) is 0 Å². The number of carboxylic acid groups (broad SMARTS) is 1. The fourth-order valence-electron chi connectivity index (χ4n) is 12.8. The number of aromatic hydroxyl groups is 1. The number of rotatable bonds is 42. The number of fused-ring (bicyclic) bond motifs is 1. The number of primary amides is 1. The summed E-state index contributed by atoms with van der Waals surface area (Å²) in [6, 6.07) is 18.6. The molecule has 114 heavy (non-hydrogen) atoms. The molecule has 0 radical (unpaired) electrons. The number of aliphatic hydroxyl groups is 1. The predicted molar refractivity (Wildman–Crippen MR) is 427 cm³/mol. The molecule has 10 atom stereocenters. The number of aliphatic hydroxyl groups excluding tert-OH is 1. The van der Waals surface area contributed by atoms with Crippen molar-refractivity contribution in [1.29, 1.82) is 0 Å². The first-order valence-electron chi connectivity index (χ1n) is 38.2.